The zero-order valence-corrected chi connectivity index (χ0v) is 6.57. The van der Waals surface area contributed by atoms with E-state index < -0.39 is 5.67 Å². The molecule has 1 fully saturated rings. The average molecular weight is 167 g/mol. The first-order valence-corrected chi connectivity index (χ1v) is 3.91. The van der Waals surface area contributed by atoms with Gasteiger partial charge < -0.3 is 5.73 Å². The van der Waals surface area contributed by atoms with Gasteiger partial charge in [0.1, 0.15) is 12.0 Å². The topological polar surface area (TPSA) is 51.8 Å². The van der Waals surface area contributed by atoms with E-state index in [0.29, 0.717) is 18.4 Å². The van der Waals surface area contributed by atoms with E-state index in [1.54, 1.807) is 0 Å². The Hall–Kier alpha value is -1.03. The Kier molecular flexibility index (Phi) is 1.58. The van der Waals surface area contributed by atoms with Crippen LogP contribution in [0, 0.1) is 0 Å². The Bertz CT molecular complexity index is 269. The molecule has 0 saturated heterocycles. The van der Waals surface area contributed by atoms with Crippen molar-refractivity contribution in [3.05, 3.63) is 24.3 Å². The largest absolute Gasteiger partial charge is 0.327 e. The molecule has 12 heavy (non-hydrogen) atoms. The summed E-state index contributed by atoms with van der Waals surface area (Å²) in [6, 6.07) is -0.00444. The first-order chi connectivity index (χ1) is 5.71. The van der Waals surface area contributed by atoms with Crippen molar-refractivity contribution in [1.29, 1.82) is 0 Å². The van der Waals surface area contributed by atoms with Crippen molar-refractivity contribution in [3.63, 3.8) is 0 Å². The van der Waals surface area contributed by atoms with Gasteiger partial charge in [0.05, 0.1) is 0 Å². The highest BCUT2D eigenvalue weighted by molar-refractivity contribution is 5.20. The predicted octanol–water partition coefficient (Wildman–Crippen LogP) is 0.763. The summed E-state index contributed by atoms with van der Waals surface area (Å²) in [5, 5.41) is 0. The first-order valence-electron chi connectivity index (χ1n) is 3.91. The molecule has 0 radical (unpaired) electrons. The smallest absolute Gasteiger partial charge is 0.141 e. The van der Waals surface area contributed by atoms with Crippen molar-refractivity contribution in [1.82, 2.24) is 9.97 Å². The van der Waals surface area contributed by atoms with Gasteiger partial charge in [-0.05, 0) is 0 Å². The van der Waals surface area contributed by atoms with E-state index in [0.717, 1.165) is 0 Å². The van der Waals surface area contributed by atoms with Crippen molar-refractivity contribution in [2.75, 3.05) is 0 Å². The van der Waals surface area contributed by atoms with Gasteiger partial charge in [-0.2, -0.15) is 0 Å². The van der Waals surface area contributed by atoms with Crippen LogP contribution in [0.3, 0.4) is 0 Å². The number of alkyl halides is 1. The van der Waals surface area contributed by atoms with Crippen LogP contribution in [-0.4, -0.2) is 16.0 Å². The van der Waals surface area contributed by atoms with Gasteiger partial charge in [0.15, 0.2) is 0 Å². The molecule has 0 aliphatic heterocycles. The third-order valence-corrected chi connectivity index (χ3v) is 2.25. The van der Waals surface area contributed by atoms with Gasteiger partial charge in [-0.1, -0.05) is 0 Å². The van der Waals surface area contributed by atoms with Gasteiger partial charge in [-0.25, -0.2) is 14.4 Å². The lowest BCUT2D eigenvalue weighted by Crippen LogP contribution is -2.46. The molecule has 1 heterocycles. The van der Waals surface area contributed by atoms with Crippen LogP contribution in [0.4, 0.5) is 4.39 Å². The maximum absolute atomic E-state index is 13.7. The van der Waals surface area contributed by atoms with Gasteiger partial charge in [0.2, 0.25) is 0 Å². The van der Waals surface area contributed by atoms with Crippen molar-refractivity contribution >= 4 is 0 Å². The van der Waals surface area contributed by atoms with Gasteiger partial charge in [-0.15, -0.1) is 0 Å². The molecule has 2 rings (SSSR count). The quantitative estimate of drug-likeness (QED) is 0.671. The zero-order valence-electron chi connectivity index (χ0n) is 6.57. The molecule has 4 heteroatoms. The minimum absolute atomic E-state index is 0.00444. The van der Waals surface area contributed by atoms with Gasteiger partial charge in [0.25, 0.3) is 0 Å². The van der Waals surface area contributed by atoms with Crippen LogP contribution in [0.15, 0.2) is 18.7 Å². The van der Waals surface area contributed by atoms with Crippen molar-refractivity contribution in [2.24, 2.45) is 5.73 Å². The molecule has 0 spiro atoms. The highest BCUT2D eigenvalue weighted by Crippen LogP contribution is 2.43. The third kappa shape index (κ3) is 1.08. The average Bonchev–Trinajstić information content (AvgIpc) is 2.04. The molecule has 1 aromatic heterocycles. The fraction of sp³-hybridized carbons (Fsp3) is 0.500. The van der Waals surface area contributed by atoms with Crippen LogP contribution in [0.5, 0.6) is 0 Å². The second-order valence-corrected chi connectivity index (χ2v) is 3.26. The standard InChI is InChI=1S/C8H10FN3/c9-8(1-7(10)2-8)6-3-11-5-12-4-6/h3-5,7H,1-2,10H2. The lowest BCUT2D eigenvalue weighted by atomic mass is 9.74. The van der Waals surface area contributed by atoms with Crippen LogP contribution in [0.25, 0.3) is 0 Å². The maximum Gasteiger partial charge on any atom is 0.141 e. The van der Waals surface area contributed by atoms with E-state index in [-0.39, 0.29) is 6.04 Å². The summed E-state index contributed by atoms with van der Waals surface area (Å²) in [6.45, 7) is 0. The summed E-state index contributed by atoms with van der Waals surface area (Å²) >= 11 is 0. The van der Waals surface area contributed by atoms with E-state index in [1.165, 1.54) is 18.7 Å². The minimum atomic E-state index is -1.26. The third-order valence-electron chi connectivity index (χ3n) is 2.25. The van der Waals surface area contributed by atoms with E-state index >= 15 is 0 Å². The highest BCUT2D eigenvalue weighted by Gasteiger charge is 2.44. The van der Waals surface area contributed by atoms with Crippen molar-refractivity contribution < 1.29 is 4.39 Å². The molecule has 0 amide bonds. The molecule has 0 atom stereocenters. The van der Waals surface area contributed by atoms with Crippen molar-refractivity contribution in [3.8, 4) is 0 Å². The van der Waals surface area contributed by atoms with E-state index in [1.807, 2.05) is 0 Å². The Morgan fingerprint density at radius 3 is 2.50 bits per heavy atom. The zero-order chi connectivity index (χ0) is 8.60. The summed E-state index contributed by atoms with van der Waals surface area (Å²) in [7, 11) is 0. The SMILES string of the molecule is NC1CC(F)(c2cncnc2)C1. The summed E-state index contributed by atoms with van der Waals surface area (Å²) in [5.41, 5.74) is 4.80. The summed E-state index contributed by atoms with van der Waals surface area (Å²) in [4.78, 5) is 7.53. The molecular weight excluding hydrogens is 157 g/mol. The Labute approximate surface area is 69.8 Å². The van der Waals surface area contributed by atoms with Crippen LogP contribution < -0.4 is 5.73 Å². The molecular formula is C8H10FN3. The summed E-state index contributed by atoms with van der Waals surface area (Å²) in [6.07, 6.45) is 5.20. The molecule has 0 unspecified atom stereocenters. The molecule has 1 saturated carbocycles. The van der Waals surface area contributed by atoms with Crippen LogP contribution >= 0.6 is 0 Å². The number of aromatic nitrogens is 2. The fourth-order valence-corrected chi connectivity index (χ4v) is 1.54. The number of hydrogen-bond acceptors (Lipinski definition) is 3. The van der Waals surface area contributed by atoms with Crippen LogP contribution in [0.2, 0.25) is 0 Å². The normalized spacial score (nSPS) is 34.3. The molecule has 1 aliphatic rings. The molecule has 1 aromatic rings. The monoisotopic (exact) mass is 167 g/mol. The molecule has 3 nitrogen and oxygen atoms in total. The van der Waals surface area contributed by atoms with Crippen molar-refractivity contribution in [2.45, 2.75) is 24.6 Å². The number of rotatable bonds is 1. The number of hydrogen-bond donors (Lipinski definition) is 1. The minimum Gasteiger partial charge on any atom is -0.327 e. The lowest BCUT2D eigenvalue weighted by molar-refractivity contribution is 0.0398. The number of nitrogens with two attached hydrogens (primary N) is 1. The van der Waals surface area contributed by atoms with Gasteiger partial charge in [-0.3, -0.25) is 0 Å². The van der Waals surface area contributed by atoms with Crippen LogP contribution in [-0.2, 0) is 5.67 Å². The van der Waals surface area contributed by atoms with E-state index in [4.69, 9.17) is 5.73 Å². The highest BCUT2D eigenvalue weighted by atomic mass is 19.1. The second kappa shape index (κ2) is 2.48. The Morgan fingerprint density at radius 1 is 1.42 bits per heavy atom. The molecule has 0 bridgehead atoms. The first kappa shape index (κ1) is 7.61. The lowest BCUT2D eigenvalue weighted by Gasteiger charge is -2.39. The van der Waals surface area contributed by atoms with Crippen LogP contribution in [0.1, 0.15) is 18.4 Å². The molecule has 2 N–H and O–H groups in total. The fourth-order valence-electron chi connectivity index (χ4n) is 1.54. The van der Waals surface area contributed by atoms with Gasteiger partial charge in [0, 0.05) is 36.8 Å². The summed E-state index contributed by atoms with van der Waals surface area (Å²) in [5.74, 6) is 0. The molecule has 0 aromatic carbocycles. The number of nitrogens with zero attached hydrogens (tertiary/aromatic N) is 2. The second-order valence-electron chi connectivity index (χ2n) is 3.26. The molecule has 1 aliphatic carbocycles. The van der Waals surface area contributed by atoms with E-state index in [9.17, 15) is 4.39 Å². The molecule has 64 valence electrons. The Balaban J connectivity index is 2.21. The summed E-state index contributed by atoms with van der Waals surface area (Å²) < 4.78 is 13.7. The Morgan fingerprint density at radius 2 is 2.00 bits per heavy atom. The number of halogens is 1. The predicted molar refractivity (Wildman–Crippen MR) is 42.0 cm³/mol. The van der Waals surface area contributed by atoms with E-state index in [2.05, 4.69) is 9.97 Å². The maximum atomic E-state index is 13.7. The van der Waals surface area contributed by atoms with Gasteiger partial charge >= 0.3 is 0 Å².